The van der Waals surface area contributed by atoms with Crippen molar-refractivity contribution >= 4 is 34.1 Å². The fourth-order valence-corrected chi connectivity index (χ4v) is 13.6. The van der Waals surface area contributed by atoms with E-state index >= 15 is 0 Å². The van der Waals surface area contributed by atoms with Gasteiger partial charge in [-0.1, -0.05) is 266 Å². The summed E-state index contributed by atoms with van der Waals surface area (Å²) in [5, 5.41) is 0. The molecule has 2 nitrogen and oxygen atoms in total. The first kappa shape index (κ1) is 54.5. The zero-order valence-corrected chi connectivity index (χ0v) is 50.1. The maximum absolute atomic E-state index is 2.45. The Hall–Kier alpha value is -9.76. The maximum Gasteiger partial charge on any atom is 0.0701 e. The minimum absolute atomic E-state index is 0.319. The van der Waals surface area contributed by atoms with Gasteiger partial charge in [0.05, 0.1) is 10.8 Å². The zero-order chi connectivity index (χ0) is 58.5. The van der Waals surface area contributed by atoms with Gasteiger partial charge in [-0.3, -0.25) is 0 Å². The Balaban J connectivity index is 0.893. The topological polar surface area (TPSA) is 6.48 Å². The Morgan fingerprint density at radius 1 is 0.224 bits per heavy atom. The lowest BCUT2D eigenvalue weighted by molar-refractivity contribution is 0.660. The fraction of sp³-hybridized carbons (Fsp3) is 0.133. The minimum Gasteiger partial charge on any atom is -0.310 e. The van der Waals surface area contributed by atoms with Crippen LogP contribution in [0, 0.1) is 41.5 Å². The van der Waals surface area contributed by atoms with Gasteiger partial charge in [-0.05, 0) is 181 Å². The molecule has 0 unspecified atom stereocenters. The van der Waals surface area contributed by atoms with Crippen molar-refractivity contribution in [1.29, 1.82) is 0 Å². The van der Waals surface area contributed by atoms with Crippen molar-refractivity contribution in [2.24, 2.45) is 0 Å². The average molecular weight is 1100 g/mol. The maximum atomic E-state index is 2.45. The summed E-state index contributed by atoms with van der Waals surface area (Å²) in [6.07, 6.45) is 0. The lowest BCUT2D eigenvalue weighted by Gasteiger charge is -2.37. The van der Waals surface area contributed by atoms with Crippen LogP contribution in [-0.4, -0.2) is 0 Å². The molecule has 0 aliphatic heterocycles. The minimum atomic E-state index is -0.566. The highest BCUT2D eigenvalue weighted by atomic mass is 15.1. The summed E-state index contributed by atoms with van der Waals surface area (Å²) in [7, 11) is 0. The van der Waals surface area contributed by atoms with Crippen LogP contribution in [0.2, 0.25) is 0 Å². The molecule has 0 radical (unpaired) electrons. The molecule has 2 heteroatoms. The summed E-state index contributed by atoms with van der Waals surface area (Å²) < 4.78 is 0. The number of hydrogen-bond acceptors (Lipinski definition) is 2. The summed E-state index contributed by atoms with van der Waals surface area (Å²) in [6.45, 7) is 17.8. The quantitative estimate of drug-likeness (QED) is 0.100. The van der Waals surface area contributed by atoms with Crippen LogP contribution in [0.3, 0.4) is 0 Å². The molecule has 1 aliphatic rings. The van der Waals surface area contributed by atoms with Crippen molar-refractivity contribution in [3.05, 3.63) is 380 Å². The standard InChI is InChI=1S/C83H72N2/c1-57-19-31-63(32-20-57)82(64-33-21-58(2)22-34-64,65-35-23-59(3)24-36-65)69-43-47-73(48-44-69)84(71-15-11-9-12-16-71)75-51-53-77-78-54-52-76(56-80(78)81(7,8)79(77)55-75)85(72-17-13-10-14-18-72)74-49-45-70(46-50-74)83(66-37-25-60(4)26-38-66,67-39-27-61(5)28-40-67)68-41-29-62(6)30-42-68/h9-56H,1-8H3. The summed E-state index contributed by atoms with van der Waals surface area (Å²) in [6, 6.07) is 109. The molecule has 0 spiro atoms. The summed E-state index contributed by atoms with van der Waals surface area (Å²) in [5.41, 5.74) is 27.6. The molecule has 0 heterocycles. The van der Waals surface area contributed by atoms with E-state index in [0.29, 0.717) is 0 Å². The third-order valence-corrected chi connectivity index (χ3v) is 18.2. The Bertz CT molecular complexity index is 3790. The first-order chi connectivity index (χ1) is 41.3. The van der Waals surface area contributed by atoms with Gasteiger partial charge in [-0.15, -0.1) is 0 Å². The molecule has 13 rings (SSSR count). The van der Waals surface area contributed by atoms with Gasteiger partial charge in [0.1, 0.15) is 0 Å². The van der Waals surface area contributed by atoms with Crippen LogP contribution < -0.4 is 9.80 Å². The highest BCUT2D eigenvalue weighted by Crippen LogP contribution is 2.54. The van der Waals surface area contributed by atoms with E-state index in [1.807, 2.05) is 0 Å². The normalized spacial score (nSPS) is 12.6. The van der Waals surface area contributed by atoms with Crippen LogP contribution in [0.15, 0.2) is 291 Å². The number of aryl methyl sites for hydroxylation is 6. The Morgan fingerprint density at radius 3 is 0.659 bits per heavy atom. The summed E-state index contributed by atoms with van der Waals surface area (Å²) in [4.78, 5) is 4.84. The van der Waals surface area contributed by atoms with Gasteiger partial charge in [-0.2, -0.15) is 0 Å². The van der Waals surface area contributed by atoms with Gasteiger partial charge in [-0.25, -0.2) is 0 Å². The molecular weight excluding hydrogens is 1020 g/mol. The van der Waals surface area contributed by atoms with Crippen molar-refractivity contribution in [3.63, 3.8) is 0 Å². The number of benzene rings is 12. The van der Waals surface area contributed by atoms with Crippen LogP contribution in [-0.2, 0) is 16.2 Å². The molecule has 0 fully saturated rings. The first-order valence-electron chi connectivity index (χ1n) is 30.0. The number of hydrogen-bond donors (Lipinski definition) is 0. The number of fused-ring (bicyclic) bond motifs is 3. The van der Waals surface area contributed by atoms with E-state index < -0.39 is 10.8 Å². The smallest absolute Gasteiger partial charge is 0.0701 e. The van der Waals surface area contributed by atoms with Crippen molar-refractivity contribution in [1.82, 2.24) is 0 Å². The molecular formula is C83H72N2. The number of para-hydroxylation sites is 2. The van der Waals surface area contributed by atoms with Crippen molar-refractivity contribution in [3.8, 4) is 11.1 Å². The Kier molecular flexibility index (Phi) is 14.2. The van der Waals surface area contributed by atoms with Crippen molar-refractivity contribution in [2.75, 3.05) is 9.80 Å². The number of nitrogens with zero attached hydrogens (tertiary/aromatic N) is 2. The second kappa shape index (κ2) is 22.1. The average Bonchev–Trinajstić information content (AvgIpc) is 2.25. The fourth-order valence-electron chi connectivity index (χ4n) is 13.6. The molecule has 0 atom stereocenters. The van der Waals surface area contributed by atoms with Crippen molar-refractivity contribution < 1.29 is 0 Å². The van der Waals surface area contributed by atoms with Crippen LogP contribution in [0.4, 0.5) is 34.1 Å². The molecule has 1 aliphatic carbocycles. The van der Waals surface area contributed by atoms with Gasteiger partial charge in [0.25, 0.3) is 0 Å². The molecule has 12 aromatic rings. The van der Waals surface area contributed by atoms with Crippen LogP contribution in [0.5, 0.6) is 0 Å². The van der Waals surface area contributed by atoms with E-state index in [-0.39, 0.29) is 5.41 Å². The van der Waals surface area contributed by atoms with E-state index in [1.165, 1.54) is 100 Å². The third kappa shape index (κ3) is 9.66. The molecule has 0 bridgehead atoms. The molecule has 85 heavy (non-hydrogen) atoms. The summed E-state index contributed by atoms with van der Waals surface area (Å²) in [5.74, 6) is 0. The molecule has 0 saturated heterocycles. The van der Waals surface area contributed by atoms with Crippen LogP contribution >= 0.6 is 0 Å². The predicted octanol–water partition coefficient (Wildman–Crippen LogP) is 21.5. The van der Waals surface area contributed by atoms with Gasteiger partial charge >= 0.3 is 0 Å². The highest BCUT2D eigenvalue weighted by Gasteiger charge is 2.41. The van der Waals surface area contributed by atoms with Gasteiger partial charge in [0.2, 0.25) is 0 Å². The SMILES string of the molecule is Cc1ccc(C(c2ccc(C)cc2)(c2ccc(C)cc2)c2ccc(N(c3ccccc3)c3ccc4c(c3)C(C)(C)c3cc(N(c5ccccc5)c5ccc(C(c6ccc(C)cc6)(c6ccc(C)cc6)c6ccc(C)cc6)cc5)ccc3-4)cc2)cc1. The van der Waals surface area contributed by atoms with Crippen LogP contribution in [0.1, 0.15) is 103 Å². The lowest BCUT2D eigenvalue weighted by atomic mass is 9.65. The van der Waals surface area contributed by atoms with Gasteiger partial charge in [0.15, 0.2) is 0 Å². The van der Waals surface area contributed by atoms with Crippen molar-refractivity contribution in [2.45, 2.75) is 71.6 Å². The molecule has 0 aromatic heterocycles. The summed E-state index contributed by atoms with van der Waals surface area (Å²) >= 11 is 0. The van der Waals surface area contributed by atoms with E-state index in [4.69, 9.17) is 0 Å². The van der Waals surface area contributed by atoms with E-state index in [1.54, 1.807) is 0 Å². The molecule has 0 amide bonds. The monoisotopic (exact) mass is 1100 g/mol. The Labute approximate surface area is 504 Å². The largest absolute Gasteiger partial charge is 0.310 e. The molecule has 12 aromatic carbocycles. The van der Waals surface area contributed by atoms with E-state index in [2.05, 4.69) is 356 Å². The van der Waals surface area contributed by atoms with Gasteiger partial charge < -0.3 is 9.80 Å². The molecule has 0 N–H and O–H groups in total. The second-order valence-corrected chi connectivity index (χ2v) is 24.2. The second-order valence-electron chi connectivity index (χ2n) is 24.2. The zero-order valence-electron chi connectivity index (χ0n) is 50.1. The predicted molar refractivity (Wildman–Crippen MR) is 358 cm³/mol. The highest BCUT2D eigenvalue weighted by molar-refractivity contribution is 5.88. The molecule has 414 valence electrons. The number of anilines is 6. The van der Waals surface area contributed by atoms with Crippen LogP contribution in [0.25, 0.3) is 11.1 Å². The van der Waals surface area contributed by atoms with E-state index in [9.17, 15) is 0 Å². The van der Waals surface area contributed by atoms with Gasteiger partial charge in [0, 0.05) is 39.5 Å². The number of rotatable bonds is 14. The lowest BCUT2D eigenvalue weighted by Crippen LogP contribution is -2.31. The molecule has 0 saturated carbocycles. The third-order valence-electron chi connectivity index (χ3n) is 18.2. The Morgan fingerprint density at radius 2 is 0.424 bits per heavy atom. The first-order valence-corrected chi connectivity index (χ1v) is 30.0. The van der Waals surface area contributed by atoms with E-state index in [0.717, 1.165) is 34.1 Å².